The van der Waals surface area contributed by atoms with Gasteiger partial charge in [-0.05, 0) is 24.8 Å². The summed E-state index contributed by atoms with van der Waals surface area (Å²) in [4.78, 5) is 26.2. The fourth-order valence-corrected chi connectivity index (χ4v) is 2.75. The summed E-state index contributed by atoms with van der Waals surface area (Å²) in [7, 11) is 0. The van der Waals surface area contributed by atoms with E-state index in [1.807, 2.05) is 37.3 Å². The number of hydrogen-bond donors (Lipinski definition) is 2. The van der Waals surface area contributed by atoms with Gasteiger partial charge in [-0.15, -0.1) is 12.4 Å². The number of rotatable bonds is 5. The van der Waals surface area contributed by atoms with E-state index in [-0.39, 0.29) is 30.1 Å². The maximum absolute atomic E-state index is 12.4. The van der Waals surface area contributed by atoms with E-state index in [2.05, 4.69) is 5.32 Å². The lowest BCUT2D eigenvalue weighted by molar-refractivity contribution is -0.136. The van der Waals surface area contributed by atoms with Crippen LogP contribution in [0.1, 0.15) is 37.8 Å². The second-order valence-electron chi connectivity index (χ2n) is 5.78. The maximum atomic E-state index is 12.4. The second-order valence-corrected chi connectivity index (χ2v) is 5.78. The van der Waals surface area contributed by atoms with Crippen molar-refractivity contribution in [2.75, 3.05) is 19.6 Å². The van der Waals surface area contributed by atoms with Gasteiger partial charge in [-0.3, -0.25) is 9.59 Å². The van der Waals surface area contributed by atoms with Gasteiger partial charge in [-0.1, -0.05) is 37.3 Å². The summed E-state index contributed by atoms with van der Waals surface area (Å²) in [6.07, 6.45) is 2.36. The Kier molecular flexibility index (Phi) is 8.06. The normalized spacial score (nSPS) is 16.3. The number of nitrogens with two attached hydrogens (primary N) is 1. The molecule has 23 heavy (non-hydrogen) atoms. The number of amides is 2. The van der Waals surface area contributed by atoms with Crippen LogP contribution in [0.3, 0.4) is 0 Å². The zero-order valence-corrected chi connectivity index (χ0v) is 14.3. The average molecular weight is 340 g/mol. The summed E-state index contributed by atoms with van der Waals surface area (Å²) in [5.41, 5.74) is 6.89. The zero-order valence-electron chi connectivity index (χ0n) is 13.5. The van der Waals surface area contributed by atoms with Gasteiger partial charge in [0.15, 0.2) is 0 Å². The van der Waals surface area contributed by atoms with Gasteiger partial charge in [0.05, 0.1) is 0 Å². The molecule has 1 saturated heterocycles. The van der Waals surface area contributed by atoms with Crippen molar-refractivity contribution < 1.29 is 9.59 Å². The lowest BCUT2D eigenvalue weighted by atomic mass is 9.95. The number of hydrogen-bond acceptors (Lipinski definition) is 3. The first-order chi connectivity index (χ1) is 10.6. The Morgan fingerprint density at radius 2 is 1.87 bits per heavy atom. The third-order valence-electron chi connectivity index (χ3n) is 4.15. The highest BCUT2D eigenvalue weighted by molar-refractivity contribution is 5.85. The zero-order chi connectivity index (χ0) is 15.9. The van der Waals surface area contributed by atoms with Gasteiger partial charge in [0.25, 0.3) is 0 Å². The van der Waals surface area contributed by atoms with Crippen molar-refractivity contribution in [3.8, 4) is 0 Å². The smallest absolute Gasteiger partial charge is 0.244 e. The van der Waals surface area contributed by atoms with E-state index < -0.39 is 6.04 Å². The van der Waals surface area contributed by atoms with Crippen molar-refractivity contribution in [3.63, 3.8) is 0 Å². The topological polar surface area (TPSA) is 75.4 Å². The number of halogens is 1. The standard InChI is InChI=1S/C17H25N3O2.ClH/c1-2-10-19-16(21)14-8-11-20(12-9-14)17(22)15(18)13-6-4-3-5-7-13;/h3-7,14-15H,2,8-12,18H2,1H3,(H,19,21);1H. The molecule has 0 spiro atoms. The number of nitrogens with zero attached hydrogens (tertiary/aromatic N) is 1. The van der Waals surface area contributed by atoms with Crippen LogP contribution in [-0.4, -0.2) is 36.3 Å². The van der Waals surface area contributed by atoms with Crippen molar-refractivity contribution in [1.29, 1.82) is 0 Å². The molecule has 0 bridgehead atoms. The van der Waals surface area contributed by atoms with Crippen LogP contribution >= 0.6 is 12.4 Å². The van der Waals surface area contributed by atoms with E-state index in [1.165, 1.54) is 0 Å². The van der Waals surface area contributed by atoms with Crippen LogP contribution < -0.4 is 11.1 Å². The number of piperidine rings is 1. The van der Waals surface area contributed by atoms with Gasteiger partial charge in [0, 0.05) is 25.6 Å². The van der Waals surface area contributed by atoms with Crippen molar-refractivity contribution in [2.24, 2.45) is 11.7 Å². The van der Waals surface area contributed by atoms with Crippen molar-refractivity contribution in [2.45, 2.75) is 32.2 Å². The highest BCUT2D eigenvalue weighted by atomic mass is 35.5. The number of likely N-dealkylation sites (tertiary alicyclic amines) is 1. The molecule has 1 aromatic rings. The van der Waals surface area contributed by atoms with E-state index in [4.69, 9.17) is 5.73 Å². The molecule has 1 atom stereocenters. The first-order valence-electron chi connectivity index (χ1n) is 8.00. The molecule has 0 aliphatic carbocycles. The average Bonchev–Trinajstić information content (AvgIpc) is 2.59. The van der Waals surface area contributed by atoms with Crippen molar-refractivity contribution >= 4 is 24.2 Å². The summed E-state index contributed by atoms with van der Waals surface area (Å²) >= 11 is 0. The summed E-state index contributed by atoms with van der Waals surface area (Å²) < 4.78 is 0. The molecule has 2 rings (SSSR count). The van der Waals surface area contributed by atoms with Gasteiger partial charge in [-0.25, -0.2) is 0 Å². The minimum atomic E-state index is -0.619. The largest absolute Gasteiger partial charge is 0.356 e. The first-order valence-corrected chi connectivity index (χ1v) is 8.00. The van der Waals surface area contributed by atoms with Crippen molar-refractivity contribution in [1.82, 2.24) is 10.2 Å². The fraction of sp³-hybridized carbons (Fsp3) is 0.529. The highest BCUT2D eigenvalue weighted by Gasteiger charge is 2.29. The number of carbonyl (C=O) groups excluding carboxylic acids is 2. The second kappa shape index (κ2) is 9.53. The van der Waals surface area contributed by atoms with Crippen molar-refractivity contribution in [3.05, 3.63) is 35.9 Å². The van der Waals surface area contributed by atoms with Gasteiger partial charge < -0.3 is 16.0 Å². The Labute approximate surface area is 144 Å². The predicted octanol–water partition coefficient (Wildman–Crippen LogP) is 1.87. The Morgan fingerprint density at radius 3 is 2.43 bits per heavy atom. The highest BCUT2D eigenvalue weighted by Crippen LogP contribution is 2.21. The molecule has 0 aromatic heterocycles. The summed E-state index contributed by atoms with van der Waals surface area (Å²) in [6.45, 7) is 3.95. The molecule has 0 radical (unpaired) electrons. The molecule has 6 heteroatoms. The lowest BCUT2D eigenvalue weighted by Gasteiger charge is -2.33. The third-order valence-corrected chi connectivity index (χ3v) is 4.15. The summed E-state index contributed by atoms with van der Waals surface area (Å²) in [6, 6.07) is 8.79. The Hall–Kier alpha value is -1.59. The van der Waals surface area contributed by atoms with Crippen LogP contribution in [0.2, 0.25) is 0 Å². The first kappa shape index (κ1) is 19.5. The molecule has 0 saturated carbocycles. The molecule has 2 amide bonds. The van der Waals surface area contributed by atoms with E-state index >= 15 is 0 Å². The number of benzene rings is 1. The minimum absolute atomic E-state index is 0. The van der Waals surface area contributed by atoms with Gasteiger partial charge in [-0.2, -0.15) is 0 Å². The molecule has 3 N–H and O–H groups in total. The molecule has 128 valence electrons. The quantitative estimate of drug-likeness (QED) is 0.860. The molecule has 1 fully saturated rings. The van der Waals surface area contributed by atoms with Crippen LogP contribution in [0.25, 0.3) is 0 Å². The van der Waals surface area contributed by atoms with Gasteiger partial charge in [0.2, 0.25) is 11.8 Å². The number of nitrogens with one attached hydrogen (secondary N) is 1. The van der Waals surface area contributed by atoms with Crippen LogP contribution in [0.5, 0.6) is 0 Å². The lowest BCUT2D eigenvalue weighted by Crippen LogP contribution is -2.46. The van der Waals surface area contributed by atoms with Gasteiger partial charge in [0.1, 0.15) is 6.04 Å². The van der Waals surface area contributed by atoms with E-state index in [1.54, 1.807) is 4.90 Å². The Morgan fingerprint density at radius 1 is 1.26 bits per heavy atom. The molecule has 5 nitrogen and oxygen atoms in total. The fourth-order valence-electron chi connectivity index (χ4n) is 2.75. The van der Waals surface area contributed by atoms with Crippen LogP contribution in [0.15, 0.2) is 30.3 Å². The minimum Gasteiger partial charge on any atom is -0.356 e. The maximum Gasteiger partial charge on any atom is 0.244 e. The predicted molar refractivity (Wildman–Crippen MR) is 93.2 cm³/mol. The van der Waals surface area contributed by atoms with Crippen LogP contribution in [0, 0.1) is 5.92 Å². The Balaban J connectivity index is 0.00000264. The van der Waals surface area contributed by atoms with Gasteiger partial charge >= 0.3 is 0 Å². The van der Waals surface area contributed by atoms with Crippen LogP contribution in [-0.2, 0) is 9.59 Å². The third kappa shape index (κ3) is 5.22. The van der Waals surface area contributed by atoms with E-state index in [0.717, 1.165) is 18.5 Å². The van der Waals surface area contributed by atoms with E-state index in [9.17, 15) is 9.59 Å². The Bertz CT molecular complexity index is 502. The molecule has 1 aromatic carbocycles. The van der Waals surface area contributed by atoms with Crippen LogP contribution in [0.4, 0.5) is 0 Å². The molecule has 1 aliphatic rings. The molecule has 1 unspecified atom stereocenters. The van der Waals surface area contributed by atoms with E-state index in [0.29, 0.717) is 25.9 Å². The molecule has 1 heterocycles. The molecular weight excluding hydrogens is 314 g/mol. The SMILES string of the molecule is CCCNC(=O)C1CCN(C(=O)C(N)c2ccccc2)CC1.Cl. The molecule has 1 aliphatic heterocycles. The summed E-state index contributed by atoms with van der Waals surface area (Å²) in [5, 5.41) is 2.93. The monoisotopic (exact) mass is 339 g/mol. The number of carbonyl (C=O) groups is 2. The summed E-state index contributed by atoms with van der Waals surface area (Å²) in [5.74, 6) is 0.0727. The molecular formula is C17H26ClN3O2.